The molecule has 4 aromatic rings. The fourth-order valence-electron chi connectivity index (χ4n) is 5.48. The molecule has 0 aliphatic carbocycles. The van der Waals surface area contributed by atoms with Gasteiger partial charge in [0.1, 0.15) is 17.2 Å². The van der Waals surface area contributed by atoms with Gasteiger partial charge in [0, 0.05) is 24.8 Å². The van der Waals surface area contributed by atoms with E-state index in [0.717, 1.165) is 29.8 Å². The summed E-state index contributed by atoms with van der Waals surface area (Å²) in [4.78, 5) is 28.4. The Kier molecular flexibility index (Phi) is 4.83. The SMILES string of the molecule is Nc1c(-c2nc3ccc(N4CCC(N5CCCC5)CC4)cc3[nH]2)c(=O)[nH]c2cccc(F)c12. The highest BCUT2D eigenvalue weighted by Crippen LogP contribution is 2.31. The van der Waals surface area contributed by atoms with E-state index in [1.165, 1.54) is 44.8 Å². The number of anilines is 2. The van der Waals surface area contributed by atoms with Crippen molar-refractivity contribution in [2.45, 2.75) is 31.7 Å². The summed E-state index contributed by atoms with van der Waals surface area (Å²) in [6.45, 7) is 4.55. The zero-order valence-corrected chi connectivity index (χ0v) is 18.4. The van der Waals surface area contributed by atoms with E-state index >= 15 is 0 Å². The molecule has 2 aliphatic heterocycles. The first kappa shape index (κ1) is 20.2. The van der Waals surface area contributed by atoms with Crippen LogP contribution < -0.4 is 16.2 Å². The van der Waals surface area contributed by atoms with E-state index in [9.17, 15) is 9.18 Å². The lowest BCUT2D eigenvalue weighted by Gasteiger charge is -2.37. The highest BCUT2D eigenvalue weighted by Gasteiger charge is 2.26. The zero-order chi connectivity index (χ0) is 22.5. The van der Waals surface area contributed by atoms with Gasteiger partial charge in [0.05, 0.1) is 27.6 Å². The number of H-pyrrole nitrogens is 2. The molecule has 2 fully saturated rings. The first-order valence-electron chi connectivity index (χ1n) is 11.7. The van der Waals surface area contributed by atoms with Gasteiger partial charge >= 0.3 is 0 Å². The molecule has 33 heavy (non-hydrogen) atoms. The van der Waals surface area contributed by atoms with Gasteiger partial charge in [-0.25, -0.2) is 9.37 Å². The fraction of sp³-hybridized carbons (Fsp3) is 0.360. The smallest absolute Gasteiger partial charge is 0.261 e. The number of rotatable bonds is 3. The minimum absolute atomic E-state index is 0.0927. The van der Waals surface area contributed by atoms with Crippen LogP contribution in [0, 0.1) is 5.82 Å². The molecule has 2 saturated heterocycles. The van der Waals surface area contributed by atoms with Gasteiger partial charge in [0.25, 0.3) is 5.56 Å². The lowest BCUT2D eigenvalue weighted by atomic mass is 10.0. The van der Waals surface area contributed by atoms with Crippen LogP contribution in [-0.4, -0.2) is 52.1 Å². The highest BCUT2D eigenvalue weighted by atomic mass is 19.1. The second-order valence-electron chi connectivity index (χ2n) is 9.15. The van der Waals surface area contributed by atoms with E-state index in [4.69, 9.17) is 5.73 Å². The van der Waals surface area contributed by atoms with Crippen LogP contribution in [0.25, 0.3) is 33.3 Å². The van der Waals surface area contributed by atoms with Crippen LogP contribution in [0.1, 0.15) is 25.7 Å². The molecule has 4 heterocycles. The molecule has 6 rings (SSSR count). The lowest BCUT2D eigenvalue weighted by molar-refractivity contribution is 0.208. The summed E-state index contributed by atoms with van der Waals surface area (Å²) >= 11 is 0. The summed E-state index contributed by atoms with van der Waals surface area (Å²) in [5.74, 6) is -0.128. The molecule has 2 aliphatic rings. The maximum absolute atomic E-state index is 14.4. The van der Waals surface area contributed by atoms with Gasteiger partial charge < -0.3 is 25.5 Å². The third-order valence-corrected chi connectivity index (χ3v) is 7.22. The van der Waals surface area contributed by atoms with Gasteiger partial charge in [-0.3, -0.25) is 4.79 Å². The minimum atomic E-state index is -0.474. The molecule has 2 aromatic heterocycles. The lowest BCUT2D eigenvalue weighted by Crippen LogP contribution is -2.43. The molecular weight excluding hydrogens is 419 g/mol. The van der Waals surface area contributed by atoms with Crippen molar-refractivity contribution in [1.82, 2.24) is 19.9 Å². The fourth-order valence-corrected chi connectivity index (χ4v) is 5.48. The van der Waals surface area contributed by atoms with Crippen LogP contribution in [0.3, 0.4) is 0 Å². The Labute approximate surface area is 190 Å². The molecule has 7 nitrogen and oxygen atoms in total. The number of piperidine rings is 1. The average molecular weight is 447 g/mol. The molecular formula is C25H27FN6O. The number of aromatic nitrogens is 3. The number of fused-ring (bicyclic) bond motifs is 2. The van der Waals surface area contributed by atoms with Crippen molar-refractivity contribution in [2.24, 2.45) is 0 Å². The second-order valence-corrected chi connectivity index (χ2v) is 9.15. The van der Waals surface area contributed by atoms with Crippen LogP contribution in [0.4, 0.5) is 15.8 Å². The van der Waals surface area contributed by atoms with Gasteiger partial charge in [-0.05, 0) is 69.1 Å². The predicted molar refractivity (Wildman–Crippen MR) is 130 cm³/mol. The Hall–Kier alpha value is -3.39. The standard InChI is InChI=1S/C25H27FN6O/c26-17-4-3-5-19-21(17)23(27)22(25(33)30-19)24-28-18-7-6-16(14-20(18)29-24)32-12-8-15(9-13-32)31-10-1-2-11-31/h3-7,14-15H,1-2,8-13H2,(H,28,29)(H3,27,30,33). The topological polar surface area (TPSA) is 94.0 Å². The monoisotopic (exact) mass is 446 g/mol. The summed E-state index contributed by atoms with van der Waals surface area (Å²) in [6, 6.07) is 11.3. The molecule has 0 amide bonds. The Bertz CT molecular complexity index is 1400. The molecule has 4 N–H and O–H groups in total. The van der Waals surface area contributed by atoms with Crippen LogP contribution in [0.5, 0.6) is 0 Å². The molecule has 0 unspecified atom stereocenters. The number of benzene rings is 2. The van der Waals surface area contributed by atoms with E-state index in [0.29, 0.717) is 17.4 Å². The second kappa shape index (κ2) is 7.88. The Morgan fingerprint density at radius 2 is 1.79 bits per heavy atom. The number of nitrogens with two attached hydrogens (primary N) is 1. The number of nitrogen functional groups attached to an aromatic ring is 1. The van der Waals surface area contributed by atoms with Crippen molar-refractivity contribution in [3.8, 4) is 11.4 Å². The van der Waals surface area contributed by atoms with Gasteiger partial charge in [0.2, 0.25) is 0 Å². The molecule has 0 bridgehead atoms. The van der Waals surface area contributed by atoms with Gasteiger partial charge in [0.15, 0.2) is 0 Å². The van der Waals surface area contributed by atoms with Crippen molar-refractivity contribution in [3.05, 3.63) is 52.6 Å². The maximum Gasteiger partial charge on any atom is 0.261 e. The van der Waals surface area contributed by atoms with E-state index in [2.05, 4.69) is 36.9 Å². The third kappa shape index (κ3) is 3.45. The third-order valence-electron chi connectivity index (χ3n) is 7.22. The Morgan fingerprint density at radius 3 is 2.58 bits per heavy atom. The molecule has 0 spiro atoms. The normalized spacial score (nSPS) is 18.0. The minimum Gasteiger partial charge on any atom is -0.397 e. The zero-order valence-electron chi connectivity index (χ0n) is 18.4. The number of nitrogens with zero attached hydrogens (tertiary/aromatic N) is 3. The van der Waals surface area contributed by atoms with Gasteiger partial charge in [-0.2, -0.15) is 0 Å². The number of aromatic amines is 2. The van der Waals surface area contributed by atoms with Gasteiger partial charge in [-0.1, -0.05) is 6.07 Å². The van der Waals surface area contributed by atoms with Crippen LogP contribution in [-0.2, 0) is 0 Å². The van der Waals surface area contributed by atoms with Crippen LogP contribution >= 0.6 is 0 Å². The Morgan fingerprint density at radius 1 is 1.00 bits per heavy atom. The maximum atomic E-state index is 14.4. The van der Waals surface area contributed by atoms with Gasteiger partial charge in [-0.15, -0.1) is 0 Å². The van der Waals surface area contributed by atoms with E-state index in [1.54, 1.807) is 12.1 Å². The predicted octanol–water partition coefficient (Wildman–Crippen LogP) is 3.86. The largest absolute Gasteiger partial charge is 0.397 e. The summed E-state index contributed by atoms with van der Waals surface area (Å²) in [5.41, 5.74) is 9.20. The summed E-state index contributed by atoms with van der Waals surface area (Å²) in [6.07, 6.45) is 5.02. The van der Waals surface area contributed by atoms with E-state index in [1.807, 2.05) is 6.07 Å². The number of hydrogen-bond acceptors (Lipinski definition) is 5. The van der Waals surface area contributed by atoms with Crippen molar-refractivity contribution >= 4 is 33.3 Å². The summed E-state index contributed by atoms with van der Waals surface area (Å²) in [7, 11) is 0. The van der Waals surface area contributed by atoms with E-state index in [-0.39, 0.29) is 16.6 Å². The van der Waals surface area contributed by atoms with Crippen molar-refractivity contribution < 1.29 is 4.39 Å². The highest BCUT2D eigenvalue weighted by molar-refractivity contribution is 5.98. The van der Waals surface area contributed by atoms with Crippen LogP contribution in [0.2, 0.25) is 0 Å². The van der Waals surface area contributed by atoms with Crippen molar-refractivity contribution in [1.29, 1.82) is 0 Å². The number of nitrogens with one attached hydrogen (secondary N) is 2. The van der Waals surface area contributed by atoms with Crippen molar-refractivity contribution in [3.63, 3.8) is 0 Å². The van der Waals surface area contributed by atoms with Crippen LogP contribution in [0.15, 0.2) is 41.2 Å². The summed E-state index contributed by atoms with van der Waals surface area (Å²) in [5, 5.41) is 0.203. The molecule has 8 heteroatoms. The quantitative estimate of drug-likeness (QED) is 0.444. The average Bonchev–Trinajstić information content (AvgIpc) is 3.49. The number of hydrogen-bond donors (Lipinski definition) is 3. The molecule has 170 valence electrons. The number of halogens is 1. The molecule has 2 aromatic carbocycles. The van der Waals surface area contributed by atoms with Crippen molar-refractivity contribution in [2.75, 3.05) is 36.8 Å². The summed E-state index contributed by atoms with van der Waals surface area (Å²) < 4.78 is 14.4. The first-order valence-corrected chi connectivity index (χ1v) is 11.7. The number of likely N-dealkylation sites (tertiary alicyclic amines) is 1. The Balaban J connectivity index is 1.31. The molecule has 0 saturated carbocycles. The number of pyridine rings is 1. The van der Waals surface area contributed by atoms with E-state index < -0.39 is 11.4 Å². The first-order chi connectivity index (χ1) is 16.1. The molecule has 0 atom stereocenters. The molecule has 0 radical (unpaired) electrons. The number of imidazole rings is 1.